The van der Waals surface area contributed by atoms with Crippen molar-refractivity contribution in [1.82, 2.24) is 5.06 Å². The number of carboxylic acid groups (broad SMARTS) is 1. The van der Waals surface area contributed by atoms with Gasteiger partial charge in [-0.15, -0.1) is 0 Å². The van der Waals surface area contributed by atoms with E-state index in [1.54, 1.807) is 31.4 Å². The summed E-state index contributed by atoms with van der Waals surface area (Å²) >= 11 is 0. The van der Waals surface area contributed by atoms with Gasteiger partial charge in [-0.1, -0.05) is 12.1 Å². The number of hydroxylamine groups is 2. The van der Waals surface area contributed by atoms with Crippen LogP contribution >= 0.6 is 0 Å². The summed E-state index contributed by atoms with van der Waals surface area (Å²) in [6.45, 7) is 0.186. The fraction of sp³-hybridized carbons (Fsp3) is 0.333. The highest BCUT2D eigenvalue weighted by molar-refractivity contribution is 5.92. The first kappa shape index (κ1) is 14.0. The zero-order valence-electron chi connectivity index (χ0n) is 10.3. The van der Waals surface area contributed by atoms with E-state index in [0.717, 1.165) is 16.4 Å². The van der Waals surface area contributed by atoms with Crippen LogP contribution in [0.1, 0.15) is 12.0 Å². The summed E-state index contributed by atoms with van der Waals surface area (Å²) in [5.74, 6) is -1.05. The van der Waals surface area contributed by atoms with Gasteiger partial charge in [0.05, 0.1) is 7.11 Å². The van der Waals surface area contributed by atoms with Crippen molar-refractivity contribution in [3.05, 3.63) is 29.8 Å². The van der Waals surface area contributed by atoms with Crippen molar-refractivity contribution in [2.75, 3.05) is 14.2 Å². The SMILES string of the molecule is COc1ccc(CON(C)C(=O)CC(=O)O)cc1. The first-order valence-electron chi connectivity index (χ1n) is 5.27. The summed E-state index contributed by atoms with van der Waals surface area (Å²) in [6.07, 6.45) is -0.584. The largest absolute Gasteiger partial charge is 0.497 e. The third kappa shape index (κ3) is 4.42. The minimum atomic E-state index is -1.18. The predicted molar refractivity (Wildman–Crippen MR) is 62.8 cm³/mol. The number of hydrogen-bond acceptors (Lipinski definition) is 4. The number of aliphatic carboxylic acids is 1. The third-order valence-electron chi connectivity index (χ3n) is 2.24. The lowest BCUT2D eigenvalue weighted by molar-refractivity contribution is -0.184. The van der Waals surface area contributed by atoms with E-state index >= 15 is 0 Å². The number of carbonyl (C=O) groups is 2. The standard InChI is InChI=1S/C12H15NO5/c1-13(11(14)7-12(15)16)18-8-9-3-5-10(17-2)6-4-9/h3-6H,7-8H2,1-2H3,(H,15,16). The van der Waals surface area contributed by atoms with Crippen molar-refractivity contribution in [3.63, 3.8) is 0 Å². The van der Waals surface area contributed by atoms with Gasteiger partial charge in [-0.05, 0) is 17.7 Å². The van der Waals surface area contributed by atoms with Crippen molar-refractivity contribution in [2.24, 2.45) is 0 Å². The molecule has 0 aliphatic rings. The van der Waals surface area contributed by atoms with Crippen molar-refractivity contribution < 1.29 is 24.3 Å². The summed E-state index contributed by atoms with van der Waals surface area (Å²) in [6, 6.07) is 7.15. The van der Waals surface area contributed by atoms with Crippen molar-refractivity contribution >= 4 is 11.9 Å². The molecule has 1 amide bonds. The molecule has 1 N–H and O–H groups in total. The molecule has 6 nitrogen and oxygen atoms in total. The highest BCUT2D eigenvalue weighted by Crippen LogP contribution is 2.12. The molecule has 0 radical (unpaired) electrons. The Bertz CT molecular complexity index is 415. The Labute approximate surface area is 105 Å². The van der Waals surface area contributed by atoms with E-state index in [4.69, 9.17) is 14.7 Å². The quantitative estimate of drug-likeness (QED) is 0.606. The molecule has 0 atom stereocenters. The van der Waals surface area contributed by atoms with E-state index in [2.05, 4.69) is 0 Å². The zero-order valence-corrected chi connectivity index (χ0v) is 10.3. The molecule has 0 aromatic heterocycles. The highest BCUT2D eigenvalue weighted by Gasteiger charge is 2.13. The van der Waals surface area contributed by atoms with Gasteiger partial charge in [0.2, 0.25) is 0 Å². The number of ether oxygens (including phenoxy) is 1. The van der Waals surface area contributed by atoms with Gasteiger partial charge in [-0.2, -0.15) is 0 Å². The molecule has 98 valence electrons. The summed E-state index contributed by atoms with van der Waals surface area (Å²) in [5, 5.41) is 9.39. The number of carbonyl (C=O) groups excluding carboxylic acids is 1. The molecule has 0 bridgehead atoms. The topological polar surface area (TPSA) is 76.1 Å². The Kier molecular flexibility index (Phi) is 5.13. The molecule has 0 saturated carbocycles. The third-order valence-corrected chi connectivity index (χ3v) is 2.24. The molecule has 1 aromatic rings. The Morgan fingerprint density at radius 3 is 2.39 bits per heavy atom. The molecule has 0 saturated heterocycles. The minimum absolute atomic E-state index is 0.186. The smallest absolute Gasteiger partial charge is 0.312 e. The zero-order chi connectivity index (χ0) is 13.5. The molecule has 0 unspecified atom stereocenters. The van der Waals surface area contributed by atoms with Crippen LogP contribution < -0.4 is 4.74 Å². The molecule has 1 rings (SSSR count). The van der Waals surface area contributed by atoms with Gasteiger partial charge in [0.25, 0.3) is 5.91 Å². The van der Waals surface area contributed by atoms with Gasteiger partial charge < -0.3 is 9.84 Å². The Hall–Kier alpha value is -2.08. The maximum Gasteiger partial charge on any atom is 0.312 e. The monoisotopic (exact) mass is 253 g/mol. The molecular weight excluding hydrogens is 238 g/mol. The van der Waals surface area contributed by atoms with Crippen LogP contribution in [0.5, 0.6) is 5.75 Å². The Morgan fingerprint density at radius 2 is 1.89 bits per heavy atom. The van der Waals surface area contributed by atoms with E-state index in [0.29, 0.717) is 0 Å². The van der Waals surface area contributed by atoms with Crippen molar-refractivity contribution in [3.8, 4) is 5.75 Å². The van der Waals surface area contributed by atoms with Gasteiger partial charge in [-0.25, -0.2) is 5.06 Å². The van der Waals surface area contributed by atoms with Gasteiger partial charge in [0.1, 0.15) is 18.8 Å². The maximum absolute atomic E-state index is 11.3. The van der Waals surface area contributed by atoms with Gasteiger partial charge in [0, 0.05) is 7.05 Å². The summed E-state index contributed by atoms with van der Waals surface area (Å²) in [4.78, 5) is 26.8. The van der Waals surface area contributed by atoms with Crippen LogP contribution in [0.4, 0.5) is 0 Å². The van der Waals surface area contributed by atoms with E-state index in [-0.39, 0.29) is 6.61 Å². The van der Waals surface area contributed by atoms with Crippen molar-refractivity contribution in [2.45, 2.75) is 13.0 Å². The second kappa shape index (κ2) is 6.61. The summed E-state index contributed by atoms with van der Waals surface area (Å²) < 4.78 is 5.01. The Balaban J connectivity index is 2.43. The second-order valence-corrected chi connectivity index (χ2v) is 3.58. The number of carboxylic acids is 1. The van der Waals surface area contributed by atoms with Crippen LogP contribution in [-0.2, 0) is 21.0 Å². The average Bonchev–Trinajstić information content (AvgIpc) is 2.35. The normalized spacial score (nSPS) is 9.89. The number of hydrogen-bond donors (Lipinski definition) is 1. The van der Waals surface area contributed by atoms with Crippen LogP contribution in [0.25, 0.3) is 0 Å². The van der Waals surface area contributed by atoms with Gasteiger partial charge in [-0.3, -0.25) is 14.4 Å². The number of amides is 1. The number of nitrogens with zero attached hydrogens (tertiary/aromatic N) is 1. The van der Waals surface area contributed by atoms with Gasteiger partial charge >= 0.3 is 5.97 Å². The van der Waals surface area contributed by atoms with E-state index in [1.807, 2.05) is 0 Å². The minimum Gasteiger partial charge on any atom is -0.497 e. The highest BCUT2D eigenvalue weighted by atomic mass is 16.7. The summed E-state index contributed by atoms with van der Waals surface area (Å²) in [7, 11) is 2.96. The molecule has 0 heterocycles. The lowest BCUT2D eigenvalue weighted by atomic mass is 10.2. The molecular formula is C12H15NO5. The maximum atomic E-state index is 11.3. The van der Waals surface area contributed by atoms with E-state index in [1.165, 1.54) is 7.05 Å². The van der Waals surface area contributed by atoms with Crippen LogP contribution in [-0.4, -0.2) is 36.2 Å². The first-order valence-corrected chi connectivity index (χ1v) is 5.27. The molecule has 0 fully saturated rings. The van der Waals surface area contributed by atoms with Crippen LogP contribution in [0.2, 0.25) is 0 Å². The molecule has 0 aliphatic carbocycles. The first-order chi connectivity index (χ1) is 8.52. The molecule has 6 heteroatoms. The second-order valence-electron chi connectivity index (χ2n) is 3.58. The van der Waals surface area contributed by atoms with E-state index < -0.39 is 18.3 Å². The molecule has 18 heavy (non-hydrogen) atoms. The van der Waals surface area contributed by atoms with Crippen molar-refractivity contribution in [1.29, 1.82) is 0 Å². The number of benzene rings is 1. The van der Waals surface area contributed by atoms with E-state index in [9.17, 15) is 9.59 Å². The molecule has 0 aliphatic heterocycles. The fourth-order valence-corrected chi connectivity index (χ4v) is 1.21. The number of methoxy groups -OCH3 is 1. The summed E-state index contributed by atoms with van der Waals surface area (Å²) in [5.41, 5.74) is 0.853. The van der Waals surface area contributed by atoms with Crippen LogP contribution in [0.15, 0.2) is 24.3 Å². The lowest BCUT2D eigenvalue weighted by Crippen LogP contribution is -2.28. The predicted octanol–water partition coefficient (Wildman–Crippen LogP) is 1.06. The Morgan fingerprint density at radius 1 is 1.28 bits per heavy atom. The molecule has 1 aromatic carbocycles. The fourth-order valence-electron chi connectivity index (χ4n) is 1.21. The molecule has 0 spiro atoms. The lowest BCUT2D eigenvalue weighted by Gasteiger charge is -2.15. The van der Waals surface area contributed by atoms with Crippen LogP contribution in [0, 0.1) is 0 Å². The average molecular weight is 253 g/mol. The number of rotatable bonds is 6. The van der Waals surface area contributed by atoms with Crippen LogP contribution in [0.3, 0.4) is 0 Å². The van der Waals surface area contributed by atoms with Gasteiger partial charge in [0.15, 0.2) is 0 Å².